The molecule has 1 aromatic carbocycles. The van der Waals surface area contributed by atoms with Crippen molar-refractivity contribution in [3.05, 3.63) is 41.2 Å². The number of aliphatic hydroxyl groups is 3. The van der Waals surface area contributed by atoms with Crippen LogP contribution in [0.3, 0.4) is 0 Å². The quantitative estimate of drug-likeness (QED) is 0.109. The van der Waals surface area contributed by atoms with E-state index < -0.39 is 41.0 Å². The SMILES string of the molecule is CCN1C(=O)N(c2c(F)c(O[B]OO)cc(OC(O)(O)O)c2F)Cc2cnc3[nH]c(CN4CCOCC4)cc3c21. The van der Waals surface area contributed by atoms with Crippen LogP contribution in [0.4, 0.5) is 25.0 Å². The molecule has 0 atom stereocenters. The number of fused-ring (bicyclic) bond motifs is 3. The van der Waals surface area contributed by atoms with Crippen LogP contribution in [0.15, 0.2) is 18.3 Å². The minimum absolute atomic E-state index is 0.118. The Kier molecular flexibility index (Phi) is 7.78. The molecule has 2 aliphatic rings. The second kappa shape index (κ2) is 11.1. The van der Waals surface area contributed by atoms with Gasteiger partial charge in [0, 0.05) is 55.1 Å². The summed E-state index contributed by atoms with van der Waals surface area (Å²) in [5.41, 5.74) is 1.40. The number of rotatable bonds is 9. The third kappa shape index (κ3) is 5.40. The maximum Gasteiger partial charge on any atom is 0.602 e. The number of urea groups is 1. The summed E-state index contributed by atoms with van der Waals surface area (Å²) in [6.07, 6.45) is -2.36. The van der Waals surface area contributed by atoms with Crippen molar-refractivity contribution in [3.8, 4) is 11.5 Å². The predicted molar refractivity (Wildman–Crippen MR) is 133 cm³/mol. The van der Waals surface area contributed by atoms with Crippen LogP contribution in [0, 0.1) is 11.6 Å². The number of aromatic amines is 1. The highest BCUT2D eigenvalue weighted by molar-refractivity contribution is 6.19. The topological polar surface area (TPSA) is 173 Å². The molecule has 0 bridgehead atoms. The molecule has 1 saturated heterocycles. The number of carbonyl (C=O) groups is 1. The zero-order chi connectivity index (χ0) is 28.6. The predicted octanol–water partition coefficient (Wildman–Crippen LogP) is 1.01. The first kappa shape index (κ1) is 28.0. The molecule has 3 aromatic rings. The molecule has 5 N–H and O–H groups in total. The number of halogens is 2. The average Bonchev–Trinajstić information content (AvgIpc) is 3.32. The van der Waals surface area contributed by atoms with E-state index in [4.69, 9.17) is 14.6 Å². The summed E-state index contributed by atoms with van der Waals surface area (Å²) in [5, 5.41) is 36.8. The van der Waals surface area contributed by atoms with Crippen LogP contribution in [0.1, 0.15) is 18.2 Å². The molecule has 0 aliphatic carbocycles. The summed E-state index contributed by atoms with van der Waals surface area (Å²) in [5.74, 6) is -4.88. The molecule has 213 valence electrons. The first-order valence-electron chi connectivity index (χ1n) is 12.2. The molecular formula is C23H25BF2N5O9. The van der Waals surface area contributed by atoms with E-state index in [2.05, 4.69) is 24.4 Å². The van der Waals surface area contributed by atoms with Gasteiger partial charge in [-0.25, -0.2) is 18.6 Å². The number of carbonyl (C=O) groups excluding carboxylic acids is 1. The number of H-pyrrole nitrogens is 1. The van der Waals surface area contributed by atoms with Crippen LogP contribution >= 0.6 is 0 Å². The second-order valence-electron chi connectivity index (χ2n) is 9.04. The van der Waals surface area contributed by atoms with Crippen molar-refractivity contribution in [1.82, 2.24) is 14.9 Å². The minimum Gasteiger partial charge on any atom is -0.534 e. The zero-order valence-corrected chi connectivity index (χ0v) is 21.1. The number of nitrogens with one attached hydrogen (secondary N) is 1. The van der Waals surface area contributed by atoms with Gasteiger partial charge in [0.2, 0.25) is 0 Å². The molecule has 2 aromatic heterocycles. The smallest absolute Gasteiger partial charge is 0.534 e. The Labute approximate surface area is 226 Å². The van der Waals surface area contributed by atoms with Gasteiger partial charge in [0.25, 0.3) is 0 Å². The zero-order valence-electron chi connectivity index (χ0n) is 21.1. The van der Waals surface area contributed by atoms with Gasteiger partial charge >= 0.3 is 19.9 Å². The van der Waals surface area contributed by atoms with Gasteiger partial charge in [-0.3, -0.25) is 24.8 Å². The lowest BCUT2D eigenvalue weighted by atomic mass is 10.1. The summed E-state index contributed by atoms with van der Waals surface area (Å²) in [6.45, 7) is 4.89. The lowest BCUT2D eigenvalue weighted by Crippen LogP contribution is -2.48. The number of hydrogen-bond acceptors (Lipinski definition) is 11. The highest BCUT2D eigenvalue weighted by Crippen LogP contribution is 2.43. The van der Waals surface area contributed by atoms with E-state index in [0.717, 1.165) is 23.7 Å². The number of anilines is 2. The lowest BCUT2D eigenvalue weighted by molar-refractivity contribution is -0.420. The number of hydrogen-bond donors (Lipinski definition) is 5. The maximum absolute atomic E-state index is 15.5. The van der Waals surface area contributed by atoms with E-state index in [0.29, 0.717) is 48.1 Å². The Hall–Kier alpha value is -3.58. The van der Waals surface area contributed by atoms with Crippen LogP contribution < -0.4 is 19.2 Å². The molecule has 0 spiro atoms. The summed E-state index contributed by atoms with van der Waals surface area (Å²) >= 11 is 0. The standard InChI is InChI=1S/C23H25BF2N5O9/c1-2-30-19-12(9-27-21-14(19)7-13(28-21)11-29-3-5-37-6-4-29)10-31(22(30)32)20-17(25)15(38-23(33,34)35)8-16(18(20)26)39-24-40-36/h7-9,33-36H,2-6,10-11H2,1H3,(H,27,28). The molecule has 5 rings (SSSR count). The van der Waals surface area contributed by atoms with Crippen molar-refractivity contribution < 1.29 is 53.1 Å². The molecule has 1 radical (unpaired) electrons. The van der Waals surface area contributed by atoms with Gasteiger partial charge in [-0.2, -0.15) is 0 Å². The summed E-state index contributed by atoms with van der Waals surface area (Å²) in [7, 11) is 0.278. The summed E-state index contributed by atoms with van der Waals surface area (Å²) < 4.78 is 45.5. The van der Waals surface area contributed by atoms with Crippen LogP contribution in [0.5, 0.6) is 11.5 Å². The fourth-order valence-electron chi connectivity index (χ4n) is 4.82. The summed E-state index contributed by atoms with van der Waals surface area (Å²) in [6, 6.07) is 1.59. The van der Waals surface area contributed by atoms with Crippen molar-refractivity contribution in [2.24, 2.45) is 0 Å². The van der Waals surface area contributed by atoms with Crippen molar-refractivity contribution in [2.45, 2.75) is 26.2 Å². The number of amides is 2. The Morgan fingerprint density at radius 1 is 1.15 bits per heavy atom. The van der Waals surface area contributed by atoms with Crippen molar-refractivity contribution in [1.29, 1.82) is 0 Å². The minimum atomic E-state index is -3.85. The Morgan fingerprint density at radius 3 is 2.55 bits per heavy atom. The van der Waals surface area contributed by atoms with E-state index in [9.17, 15) is 20.1 Å². The molecule has 14 nitrogen and oxygen atoms in total. The largest absolute Gasteiger partial charge is 0.602 e. The number of ether oxygens (including phenoxy) is 2. The van der Waals surface area contributed by atoms with E-state index in [1.165, 1.54) is 11.1 Å². The van der Waals surface area contributed by atoms with E-state index in [1.807, 2.05) is 6.07 Å². The Bertz CT molecular complexity index is 1410. The molecule has 40 heavy (non-hydrogen) atoms. The van der Waals surface area contributed by atoms with Gasteiger partial charge < -0.3 is 34.4 Å². The molecule has 0 saturated carbocycles. The molecule has 17 heteroatoms. The van der Waals surface area contributed by atoms with Gasteiger partial charge in [-0.1, -0.05) is 0 Å². The van der Waals surface area contributed by atoms with E-state index in [-0.39, 0.29) is 20.8 Å². The second-order valence-corrected chi connectivity index (χ2v) is 9.04. The molecule has 0 unspecified atom stereocenters. The average molecular weight is 564 g/mol. The first-order chi connectivity index (χ1) is 19.1. The van der Waals surface area contributed by atoms with Crippen LogP contribution in [-0.2, 0) is 22.6 Å². The molecule has 4 heterocycles. The van der Waals surface area contributed by atoms with Crippen molar-refractivity contribution in [2.75, 3.05) is 42.6 Å². The molecule has 2 amide bonds. The van der Waals surface area contributed by atoms with Gasteiger partial charge in [0.15, 0.2) is 17.4 Å². The van der Waals surface area contributed by atoms with Crippen molar-refractivity contribution in [3.63, 3.8) is 0 Å². The Balaban J connectivity index is 1.56. The highest BCUT2D eigenvalue weighted by atomic mass is 19.1. The van der Waals surface area contributed by atoms with Gasteiger partial charge in [-0.05, 0) is 13.0 Å². The van der Waals surface area contributed by atoms with E-state index in [1.54, 1.807) is 6.92 Å². The third-order valence-corrected chi connectivity index (χ3v) is 6.48. The fraction of sp³-hybridized carbons (Fsp3) is 0.391. The summed E-state index contributed by atoms with van der Waals surface area (Å²) in [4.78, 5) is 29.3. The van der Waals surface area contributed by atoms with E-state index >= 15 is 8.78 Å². The molecular weight excluding hydrogens is 539 g/mol. The lowest BCUT2D eigenvalue weighted by Gasteiger charge is -2.37. The number of nitrogens with zero attached hydrogens (tertiary/aromatic N) is 4. The fourth-order valence-corrected chi connectivity index (χ4v) is 4.82. The first-order valence-corrected chi connectivity index (χ1v) is 12.2. The normalized spacial score (nSPS) is 16.4. The van der Waals surface area contributed by atoms with Crippen molar-refractivity contribution >= 4 is 36.1 Å². The number of benzene rings is 1. The Morgan fingerprint density at radius 2 is 1.88 bits per heavy atom. The van der Waals surface area contributed by atoms with Gasteiger partial charge in [0.1, 0.15) is 17.1 Å². The number of pyridine rings is 1. The molecule has 1 fully saturated rings. The highest BCUT2D eigenvalue weighted by Gasteiger charge is 2.38. The van der Waals surface area contributed by atoms with Crippen LogP contribution in [0.25, 0.3) is 11.0 Å². The van der Waals surface area contributed by atoms with Gasteiger partial charge in [0.05, 0.1) is 25.4 Å². The van der Waals surface area contributed by atoms with Crippen LogP contribution in [0.2, 0.25) is 0 Å². The maximum atomic E-state index is 15.5. The number of morpholine rings is 1. The molecule has 2 aliphatic heterocycles. The van der Waals surface area contributed by atoms with Gasteiger partial charge in [-0.15, -0.1) is 0 Å². The monoisotopic (exact) mass is 564 g/mol. The van der Waals surface area contributed by atoms with Crippen LogP contribution in [-0.4, -0.2) is 88.2 Å². The number of aromatic nitrogens is 2. The third-order valence-electron chi connectivity index (χ3n) is 6.48.